The molecule has 0 atom stereocenters. The summed E-state index contributed by atoms with van der Waals surface area (Å²) in [5.41, 5.74) is 4.53. The molecule has 0 aromatic heterocycles. The molecule has 0 amide bonds. The van der Waals surface area contributed by atoms with Crippen molar-refractivity contribution in [3.05, 3.63) is 88.7 Å². The van der Waals surface area contributed by atoms with Gasteiger partial charge in [-0.2, -0.15) is 0 Å². The van der Waals surface area contributed by atoms with Crippen LogP contribution in [0.1, 0.15) is 24.0 Å². The second kappa shape index (κ2) is 8.78. The molecule has 1 aliphatic rings. The Bertz CT molecular complexity index is 1130. The summed E-state index contributed by atoms with van der Waals surface area (Å²) in [6, 6.07) is 10.6. The zero-order chi connectivity index (χ0) is 22.9. The molecule has 0 bridgehead atoms. The topological polar surface area (TPSA) is 47.3 Å². The van der Waals surface area contributed by atoms with Crippen molar-refractivity contribution in [1.29, 1.82) is 0 Å². The molecule has 3 aromatic rings. The SMILES string of the molecule is Nc1c(F)cc(F)c(C2(Cc3ccc(Oc4ccc(F)c(F)c4)cc3)CCNCC2)c1F. The lowest BCUT2D eigenvalue weighted by Gasteiger charge is -2.39. The molecule has 1 heterocycles. The van der Waals surface area contributed by atoms with Gasteiger partial charge in [0, 0.05) is 23.1 Å². The van der Waals surface area contributed by atoms with Crippen LogP contribution in [0.15, 0.2) is 48.5 Å². The van der Waals surface area contributed by atoms with Gasteiger partial charge < -0.3 is 15.8 Å². The Labute approximate surface area is 182 Å². The van der Waals surface area contributed by atoms with E-state index >= 15 is 0 Å². The van der Waals surface area contributed by atoms with Crippen LogP contribution in [-0.2, 0) is 11.8 Å². The number of hydrogen-bond donors (Lipinski definition) is 2. The van der Waals surface area contributed by atoms with Crippen LogP contribution in [-0.4, -0.2) is 13.1 Å². The van der Waals surface area contributed by atoms with Crippen molar-refractivity contribution in [2.75, 3.05) is 18.8 Å². The minimum absolute atomic E-state index is 0.136. The van der Waals surface area contributed by atoms with Crippen LogP contribution in [0.2, 0.25) is 0 Å². The Morgan fingerprint density at radius 1 is 0.781 bits per heavy atom. The highest BCUT2D eigenvalue weighted by Gasteiger charge is 2.40. The van der Waals surface area contributed by atoms with E-state index in [-0.39, 0.29) is 11.3 Å². The fourth-order valence-corrected chi connectivity index (χ4v) is 4.25. The fourth-order valence-electron chi connectivity index (χ4n) is 4.25. The summed E-state index contributed by atoms with van der Waals surface area (Å²) in [7, 11) is 0. The third-order valence-corrected chi connectivity index (χ3v) is 5.89. The second-order valence-corrected chi connectivity index (χ2v) is 7.97. The zero-order valence-corrected chi connectivity index (χ0v) is 17.0. The lowest BCUT2D eigenvalue weighted by Crippen LogP contribution is -2.43. The third-order valence-electron chi connectivity index (χ3n) is 5.89. The van der Waals surface area contributed by atoms with Gasteiger partial charge in [0.25, 0.3) is 0 Å². The first-order valence-electron chi connectivity index (χ1n) is 10.1. The largest absolute Gasteiger partial charge is 0.457 e. The Kier molecular flexibility index (Phi) is 6.06. The molecule has 0 spiro atoms. The van der Waals surface area contributed by atoms with E-state index in [1.54, 1.807) is 24.3 Å². The Hall–Kier alpha value is -3.13. The molecule has 3 nitrogen and oxygen atoms in total. The summed E-state index contributed by atoms with van der Waals surface area (Å²) in [5, 5.41) is 3.18. The minimum Gasteiger partial charge on any atom is -0.457 e. The molecule has 1 aliphatic heterocycles. The van der Waals surface area contributed by atoms with E-state index in [1.807, 2.05) is 0 Å². The normalized spacial score (nSPS) is 15.5. The predicted octanol–water partition coefficient (Wildman–Crippen LogP) is 5.62. The van der Waals surface area contributed by atoms with Gasteiger partial charge in [-0.05, 0) is 62.2 Å². The van der Waals surface area contributed by atoms with Crippen LogP contribution in [0, 0.1) is 29.1 Å². The lowest BCUT2D eigenvalue weighted by atomic mass is 9.68. The summed E-state index contributed by atoms with van der Waals surface area (Å²) in [6.45, 7) is 1.10. The van der Waals surface area contributed by atoms with E-state index in [0.717, 1.165) is 17.7 Å². The van der Waals surface area contributed by atoms with Gasteiger partial charge in [-0.3, -0.25) is 0 Å². The fraction of sp³-hybridized carbons (Fsp3) is 0.250. The maximum atomic E-state index is 14.9. The maximum absolute atomic E-state index is 14.9. The number of piperidine rings is 1. The van der Waals surface area contributed by atoms with Crippen molar-refractivity contribution in [3.8, 4) is 11.5 Å². The van der Waals surface area contributed by atoms with Crippen molar-refractivity contribution >= 4 is 5.69 Å². The molecule has 0 radical (unpaired) electrons. The number of hydrogen-bond acceptors (Lipinski definition) is 3. The van der Waals surface area contributed by atoms with Crippen molar-refractivity contribution in [2.24, 2.45) is 0 Å². The Morgan fingerprint density at radius 3 is 2.09 bits per heavy atom. The van der Waals surface area contributed by atoms with Crippen molar-refractivity contribution in [1.82, 2.24) is 5.32 Å². The highest BCUT2D eigenvalue weighted by atomic mass is 19.2. The maximum Gasteiger partial charge on any atom is 0.162 e. The van der Waals surface area contributed by atoms with Crippen LogP contribution in [0.5, 0.6) is 11.5 Å². The number of nitrogen functional groups attached to an aromatic ring is 1. The molecule has 32 heavy (non-hydrogen) atoms. The van der Waals surface area contributed by atoms with E-state index in [4.69, 9.17) is 10.5 Å². The molecular formula is C24H21F5N2O. The van der Waals surface area contributed by atoms with Crippen LogP contribution < -0.4 is 15.8 Å². The molecule has 1 fully saturated rings. The molecule has 8 heteroatoms. The second-order valence-electron chi connectivity index (χ2n) is 7.97. The molecule has 0 saturated carbocycles. The number of anilines is 1. The molecule has 0 aliphatic carbocycles. The van der Waals surface area contributed by atoms with E-state index in [9.17, 15) is 22.0 Å². The van der Waals surface area contributed by atoms with Gasteiger partial charge in [0.05, 0.1) is 0 Å². The van der Waals surface area contributed by atoms with Crippen LogP contribution in [0.3, 0.4) is 0 Å². The minimum atomic E-state index is -1.12. The number of nitrogens with two attached hydrogens (primary N) is 1. The highest BCUT2D eigenvalue weighted by Crippen LogP contribution is 2.42. The molecular weight excluding hydrogens is 427 g/mol. The first kappa shape index (κ1) is 22.1. The highest BCUT2D eigenvalue weighted by molar-refractivity contribution is 5.49. The first-order chi connectivity index (χ1) is 15.3. The average Bonchev–Trinajstić information content (AvgIpc) is 2.77. The predicted molar refractivity (Wildman–Crippen MR) is 111 cm³/mol. The van der Waals surface area contributed by atoms with Gasteiger partial charge in [-0.1, -0.05) is 12.1 Å². The summed E-state index contributed by atoms with van der Waals surface area (Å²) >= 11 is 0. The molecule has 3 aromatic carbocycles. The third kappa shape index (κ3) is 4.27. The quantitative estimate of drug-likeness (QED) is 0.393. The summed E-state index contributed by atoms with van der Waals surface area (Å²) in [6.07, 6.45) is 1.19. The van der Waals surface area contributed by atoms with Gasteiger partial charge in [-0.25, -0.2) is 22.0 Å². The van der Waals surface area contributed by atoms with Gasteiger partial charge in [0.15, 0.2) is 23.3 Å². The van der Waals surface area contributed by atoms with E-state index < -0.39 is 40.2 Å². The van der Waals surface area contributed by atoms with E-state index in [0.29, 0.717) is 44.2 Å². The Morgan fingerprint density at radius 2 is 1.44 bits per heavy atom. The standard InChI is InChI=1S/C24H21F5N2O/c25-17-6-5-16(11-18(17)26)32-15-3-1-14(2-4-15)13-24(7-9-31-10-8-24)21-19(27)12-20(28)23(30)22(21)29/h1-6,11-12,31H,7-10,13,30H2. The van der Waals surface area contributed by atoms with Crippen LogP contribution in [0.4, 0.5) is 27.6 Å². The molecule has 4 rings (SSSR count). The number of nitrogens with one attached hydrogen (secondary N) is 1. The molecule has 3 N–H and O–H groups in total. The monoisotopic (exact) mass is 448 g/mol. The van der Waals surface area contributed by atoms with Gasteiger partial charge in [0.2, 0.25) is 0 Å². The number of halogens is 5. The van der Waals surface area contributed by atoms with Crippen molar-refractivity contribution < 1.29 is 26.7 Å². The number of ether oxygens (including phenoxy) is 1. The molecule has 0 unspecified atom stereocenters. The van der Waals surface area contributed by atoms with Gasteiger partial charge in [0.1, 0.15) is 23.0 Å². The Balaban J connectivity index is 1.62. The van der Waals surface area contributed by atoms with Crippen molar-refractivity contribution in [3.63, 3.8) is 0 Å². The summed E-state index contributed by atoms with van der Waals surface area (Å²) in [4.78, 5) is 0. The van der Waals surface area contributed by atoms with Gasteiger partial charge >= 0.3 is 0 Å². The van der Waals surface area contributed by atoms with Crippen molar-refractivity contribution in [2.45, 2.75) is 24.7 Å². The molecule has 168 valence electrons. The lowest BCUT2D eigenvalue weighted by molar-refractivity contribution is 0.284. The van der Waals surface area contributed by atoms with Crippen LogP contribution >= 0.6 is 0 Å². The average molecular weight is 448 g/mol. The molecule has 1 saturated heterocycles. The number of rotatable bonds is 5. The van der Waals surface area contributed by atoms with E-state index in [1.165, 1.54) is 6.07 Å². The number of benzene rings is 3. The smallest absolute Gasteiger partial charge is 0.162 e. The summed E-state index contributed by atoms with van der Waals surface area (Å²) in [5.74, 6) is -4.58. The van der Waals surface area contributed by atoms with E-state index in [2.05, 4.69) is 5.32 Å². The van der Waals surface area contributed by atoms with Crippen LogP contribution in [0.25, 0.3) is 0 Å². The zero-order valence-electron chi connectivity index (χ0n) is 17.0. The first-order valence-corrected chi connectivity index (χ1v) is 10.1. The summed E-state index contributed by atoms with van der Waals surface area (Å²) < 4.78 is 75.4. The van der Waals surface area contributed by atoms with Gasteiger partial charge in [-0.15, -0.1) is 0 Å².